The summed E-state index contributed by atoms with van der Waals surface area (Å²) in [4.78, 5) is 4.28. The van der Waals surface area contributed by atoms with Crippen molar-refractivity contribution in [3.8, 4) is 5.75 Å². The van der Waals surface area contributed by atoms with E-state index in [1.165, 1.54) is 0 Å². The summed E-state index contributed by atoms with van der Waals surface area (Å²) >= 11 is 6.15. The van der Waals surface area contributed by atoms with E-state index in [-0.39, 0.29) is 0 Å². The van der Waals surface area contributed by atoms with Gasteiger partial charge in [-0.1, -0.05) is 11.6 Å². The third-order valence-electron chi connectivity index (χ3n) is 2.64. The Morgan fingerprint density at radius 1 is 1.39 bits per heavy atom. The van der Waals surface area contributed by atoms with Gasteiger partial charge in [0.05, 0.1) is 17.8 Å². The number of nitrogens with one attached hydrogen (secondary N) is 1. The zero-order valence-electron chi connectivity index (χ0n) is 10.6. The van der Waals surface area contributed by atoms with Gasteiger partial charge in [0.2, 0.25) is 5.95 Å². The molecular formula is C13H16ClN3O. The van der Waals surface area contributed by atoms with Gasteiger partial charge in [-0.15, -0.1) is 0 Å². The molecule has 0 bridgehead atoms. The zero-order valence-corrected chi connectivity index (χ0v) is 11.4. The van der Waals surface area contributed by atoms with E-state index < -0.39 is 0 Å². The second kappa shape index (κ2) is 5.31. The number of rotatable bonds is 4. The standard InChI is InChI=1S/C13H16ClN3O/c1-9(2)17-7-6-15-13(17)16-12-8-10(18-3)4-5-11(12)14/h4-9H,1-3H3,(H,15,16). The Bertz CT molecular complexity index is 537. The van der Waals surface area contributed by atoms with E-state index in [0.717, 1.165) is 17.4 Å². The molecule has 0 amide bonds. The van der Waals surface area contributed by atoms with Crippen LogP contribution >= 0.6 is 11.6 Å². The largest absolute Gasteiger partial charge is 0.497 e. The summed E-state index contributed by atoms with van der Waals surface area (Å²) in [5, 5.41) is 3.85. The van der Waals surface area contributed by atoms with Crippen LogP contribution in [0.25, 0.3) is 0 Å². The average Bonchev–Trinajstić information content (AvgIpc) is 2.80. The lowest BCUT2D eigenvalue weighted by molar-refractivity contribution is 0.415. The molecule has 2 rings (SSSR count). The Hall–Kier alpha value is -1.68. The predicted octanol–water partition coefficient (Wildman–Crippen LogP) is 3.87. The van der Waals surface area contributed by atoms with E-state index >= 15 is 0 Å². The molecule has 0 atom stereocenters. The molecule has 0 spiro atoms. The molecular weight excluding hydrogens is 250 g/mol. The lowest BCUT2D eigenvalue weighted by Gasteiger charge is -2.14. The molecule has 2 aromatic rings. The first-order valence-electron chi connectivity index (χ1n) is 5.75. The number of hydrogen-bond acceptors (Lipinski definition) is 3. The molecule has 0 radical (unpaired) electrons. The lowest BCUT2D eigenvalue weighted by atomic mass is 10.3. The average molecular weight is 266 g/mol. The van der Waals surface area contributed by atoms with Crippen LogP contribution in [0.1, 0.15) is 19.9 Å². The molecule has 1 N–H and O–H groups in total. The number of imidazole rings is 1. The van der Waals surface area contributed by atoms with Crippen LogP contribution in [0.3, 0.4) is 0 Å². The summed E-state index contributed by atoms with van der Waals surface area (Å²) in [7, 11) is 1.63. The number of ether oxygens (including phenoxy) is 1. The van der Waals surface area contributed by atoms with Gasteiger partial charge < -0.3 is 14.6 Å². The number of benzene rings is 1. The van der Waals surface area contributed by atoms with E-state index in [1.807, 2.05) is 22.9 Å². The van der Waals surface area contributed by atoms with Gasteiger partial charge in [-0.05, 0) is 26.0 Å². The van der Waals surface area contributed by atoms with Gasteiger partial charge in [-0.25, -0.2) is 4.98 Å². The fourth-order valence-corrected chi connectivity index (χ4v) is 1.84. The molecule has 1 aromatic carbocycles. The van der Waals surface area contributed by atoms with Crippen LogP contribution in [0.5, 0.6) is 5.75 Å². The maximum absolute atomic E-state index is 6.15. The molecule has 1 aromatic heterocycles. The summed E-state index contributed by atoms with van der Waals surface area (Å²) in [6.45, 7) is 4.19. The van der Waals surface area contributed by atoms with Crippen molar-refractivity contribution < 1.29 is 4.74 Å². The molecule has 18 heavy (non-hydrogen) atoms. The molecule has 0 saturated carbocycles. The molecule has 5 heteroatoms. The highest BCUT2D eigenvalue weighted by molar-refractivity contribution is 6.33. The molecule has 0 fully saturated rings. The highest BCUT2D eigenvalue weighted by Crippen LogP contribution is 2.29. The second-order valence-electron chi connectivity index (χ2n) is 4.22. The summed E-state index contributed by atoms with van der Waals surface area (Å²) in [5.74, 6) is 1.52. The minimum Gasteiger partial charge on any atom is -0.497 e. The van der Waals surface area contributed by atoms with E-state index in [9.17, 15) is 0 Å². The maximum atomic E-state index is 6.15. The van der Waals surface area contributed by atoms with Crippen molar-refractivity contribution in [1.82, 2.24) is 9.55 Å². The van der Waals surface area contributed by atoms with Gasteiger partial charge in [0.15, 0.2) is 0 Å². The van der Waals surface area contributed by atoms with Gasteiger partial charge in [-0.2, -0.15) is 0 Å². The van der Waals surface area contributed by atoms with Crippen molar-refractivity contribution in [2.75, 3.05) is 12.4 Å². The van der Waals surface area contributed by atoms with Crippen molar-refractivity contribution in [3.05, 3.63) is 35.6 Å². The summed E-state index contributed by atoms with van der Waals surface area (Å²) in [5.41, 5.74) is 0.782. The van der Waals surface area contributed by atoms with Gasteiger partial charge in [-0.3, -0.25) is 0 Å². The van der Waals surface area contributed by atoms with Gasteiger partial charge >= 0.3 is 0 Å². The van der Waals surface area contributed by atoms with Gasteiger partial charge in [0.25, 0.3) is 0 Å². The smallest absolute Gasteiger partial charge is 0.207 e. The zero-order chi connectivity index (χ0) is 13.1. The monoisotopic (exact) mass is 265 g/mol. The molecule has 96 valence electrons. The van der Waals surface area contributed by atoms with E-state index in [4.69, 9.17) is 16.3 Å². The second-order valence-corrected chi connectivity index (χ2v) is 4.63. The van der Waals surface area contributed by atoms with Crippen LogP contribution in [0.15, 0.2) is 30.6 Å². The molecule has 0 unspecified atom stereocenters. The number of anilines is 2. The van der Waals surface area contributed by atoms with E-state index in [2.05, 4.69) is 24.1 Å². The normalized spacial score (nSPS) is 10.7. The SMILES string of the molecule is COc1ccc(Cl)c(Nc2nccn2C(C)C)c1. The van der Waals surface area contributed by atoms with Crippen molar-refractivity contribution in [2.24, 2.45) is 0 Å². The van der Waals surface area contributed by atoms with E-state index in [1.54, 1.807) is 19.4 Å². The summed E-state index contributed by atoms with van der Waals surface area (Å²) in [6, 6.07) is 5.80. The van der Waals surface area contributed by atoms with Crippen molar-refractivity contribution in [3.63, 3.8) is 0 Å². The van der Waals surface area contributed by atoms with Crippen molar-refractivity contribution in [2.45, 2.75) is 19.9 Å². The number of methoxy groups -OCH3 is 1. The topological polar surface area (TPSA) is 39.1 Å². The third-order valence-corrected chi connectivity index (χ3v) is 2.97. The molecule has 0 aliphatic rings. The number of aromatic nitrogens is 2. The van der Waals surface area contributed by atoms with Crippen LogP contribution in [0, 0.1) is 0 Å². The molecule has 4 nitrogen and oxygen atoms in total. The van der Waals surface area contributed by atoms with Crippen LogP contribution in [-0.2, 0) is 0 Å². The minimum atomic E-state index is 0.333. The van der Waals surface area contributed by atoms with E-state index in [0.29, 0.717) is 11.1 Å². The van der Waals surface area contributed by atoms with Crippen LogP contribution in [0.2, 0.25) is 5.02 Å². The predicted molar refractivity (Wildman–Crippen MR) is 73.9 cm³/mol. The van der Waals surface area contributed by atoms with Gasteiger partial charge in [0, 0.05) is 24.5 Å². The Balaban J connectivity index is 2.30. The molecule has 0 aliphatic heterocycles. The van der Waals surface area contributed by atoms with Gasteiger partial charge in [0.1, 0.15) is 5.75 Å². The number of halogens is 1. The molecule has 1 heterocycles. The van der Waals surface area contributed by atoms with Crippen LogP contribution < -0.4 is 10.1 Å². The highest BCUT2D eigenvalue weighted by atomic mass is 35.5. The fraction of sp³-hybridized carbons (Fsp3) is 0.308. The van der Waals surface area contributed by atoms with Crippen molar-refractivity contribution >= 4 is 23.2 Å². The van der Waals surface area contributed by atoms with Crippen LogP contribution in [0.4, 0.5) is 11.6 Å². The maximum Gasteiger partial charge on any atom is 0.207 e. The van der Waals surface area contributed by atoms with Crippen LogP contribution in [-0.4, -0.2) is 16.7 Å². The lowest BCUT2D eigenvalue weighted by Crippen LogP contribution is -2.05. The number of hydrogen-bond donors (Lipinski definition) is 1. The first kappa shape index (κ1) is 12.8. The fourth-order valence-electron chi connectivity index (χ4n) is 1.67. The van der Waals surface area contributed by atoms with Crippen molar-refractivity contribution in [1.29, 1.82) is 0 Å². The first-order valence-corrected chi connectivity index (χ1v) is 6.13. The molecule has 0 saturated heterocycles. The Morgan fingerprint density at radius 3 is 2.83 bits per heavy atom. The Morgan fingerprint density at radius 2 is 2.17 bits per heavy atom. The minimum absolute atomic E-state index is 0.333. The highest BCUT2D eigenvalue weighted by Gasteiger charge is 2.09. The Kier molecular flexibility index (Phi) is 3.77. The summed E-state index contributed by atoms with van der Waals surface area (Å²) < 4.78 is 7.22. The number of nitrogens with zero attached hydrogens (tertiary/aromatic N) is 2. The summed E-state index contributed by atoms with van der Waals surface area (Å²) in [6.07, 6.45) is 3.69. The Labute approximate surface area is 112 Å². The third kappa shape index (κ3) is 2.59. The quantitative estimate of drug-likeness (QED) is 0.912. The first-order chi connectivity index (χ1) is 8.61. The molecule has 0 aliphatic carbocycles.